The van der Waals surface area contributed by atoms with E-state index in [2.05, 4.69) is 0 Å². The molecular weight excluding hydrogens is 325 g/mol. The molecule has 1 heterocycles. The Morgan fingerprint density at radius 1 is 1.48 bits per heavy atom. The molecule has 1 amide bonds. The molecule has 1 atom stereocenters. The maximum absolute atomic E-state index is 12.2. The first-order chi connectivity index (χ1) is 9.17. The van der Waals surface area contributed by atoms with Crippen molar-refractivity contribution in [2.75, 3.05) is 24.4 Å². The van der Waals surface area contributed by atoms with Crippen molar-refractivity contribution in [3.8, 4) is 0 Å². The summed E-state index contributed by atoms with van der Waals surface area (Å²) in [7, 11) is -3.12. The van der Waals surface area contributed by atoms with Crippen LogP contribution in [0.25, 0.3) is 0 Å². The summed E-state index contributed by atoms with van der Waals surface area (Å²) in [6.07, 6.45) is 0. The zero-order chi connectivity index (χ0) is 15.5. The Hall–Kier alpha value is 0.0400. The minimum absolute atomic E-state index is 0. The number of ether oxygens (including phenoxy) is 1. The maximum atomic E-state index is 12.2. The zero-order valence-electron chi connectivity index (χ0n) is 12.9. The van der Waals surface area contributed by atoms with Gasteiger partial charge in [-0.05, 0) is 31.7 Å². The average Bonchev–Trinajstić information content (AvgIpc) is 2.59. The quantitative estimate of drug-likeness (QED) is 0.453. The number of hydrogen-bond acceptors (Lipinski definition) is 6. The molecule has 0 aliphatic heterocycles. The van der Waals surface area contributed by atoms with Crippen molar-refractivity contribution in [1.82, 2.24) is 0 Å². The second-order valence-corrected chi connectivity index (χ2v) is 7.08. The fourth-order valence-corrected chi connectivity index (χ4v) is 3.33. The minimum atomic E-state index is -4.61. The van der Waals surface area contributed by atoms with E-state index in [0.717, 1.165) is 10.4 Å². The van der Waals surface area contributed by atoms with Crippen molar-refractivity contribution >= 4 is 33.0 Å². The predicted molar refractivity (Wildman–Crippen MR) is 77.2 cm³/mol. The van der Waals surface area contributed by atoms with Gasteiger partial charge < -0.3 is 14.2 Å². The van der Waals surface area contributed by atoms with Crippen molar-refractivity contribution in [3.05, 3.63) is 15.8 Å². The second-order valence-electron chi connectivity index (χ2n) is 4.59. The zero-order valence-corrected chi connectivity index (χ0v) is 16.5. The fraction of sp³-hybridized carbons (Fsp3) is 0.583. The van der Waals surface area contributed by atoms with E-state index in [9.17, 15) is 17.8 Å². The van der Waals surface area contributed by atoms with E-state index >= 15 is 0 Å². The molecule has 0 aliphatic rings. The van der Waals surface area contributed by atoms with Gasteiger partial charge in [0.2, 0.25) is 5.91 Å². The van der Waals surface area contributed by atoms with Gasteiger partial charge in [-0.2, -0.15) is 0 Å². The van der Waals surface area contributed by atoms with Crippen LogP contribution in [0.2, 0.25) is 0 Å². The molecule has 6 nitrogen and oxygen atoms in total. The van der Waals surface area contributed by atoms with Crippen molar-refractivity contribution in [2.24, 2.45) is 0 Å². The summed E-state index contributed by atoms with van der Waals surface area (Å²) >= 11 is 1.47. The Morgan fingerprint density at radius 3 is 2.43 bits per heavy atom. The van der Waals surface area contributed by atoms with Crippen molar-refractivity contribution in [1.29, 1.82) is 0 Å². The molecular formula is C12H18NNaO5S2. The molecule has 0 saturated carbocycles. The maximum Gasteiger partial charge on any atom is 1.00 e. The second kappa shape index (κ2) is 8.61. The Balaban J connectivity index is 0.00000400. The first-order valence-corrected chi connectivity index (χ1v) is 8.42. The van der Waals surface area contributed by atoms with E-state index in [0.29, 0.717) is 5.69 Å². The van der Waals surface area contributed by atoms with Gasteiger partial charge >= 0.3 is 29.6 Å². The minimum Gasteiger partial charge on any atom is -0.748 e. The monoisotopic (exact) mass is 343 g/mol. The Morgan fingerprint density at radius 2 is 2.05 bits per heavy atom. The summed E-state index contributed by atoms with van der Waals surface area (Å²) in [6.45, 7) is 5.68. The molecule has 0 radical (unpaired) electrons. The SMILES string of the molecule is COCC(C)N(C(=O)CS(=O)(=O)[O-])c1c(C)csc1C.[Na+]. The fourth-order valence-electron chi connectivity index (χ4n) is 2.05. The summed E-state index contributed by atoms with van der Waals surface area (Å²) in [6, 6.07) is -0.360. The predicted octanol–water partition coefficient (Wildman–Crippen LogP) is -1.72. The van der Waals surface area contributed by atoms with E-state index in [1.165, 1.54) is 23.3 Å². The molecule has 1 unspecified atom stereocenters. The van der Waals surface area contributed by atoms with Crippen LogP contribution in [0.15, 0.2) is 5.38 Å². The van der Waals surface area contributed by atoms with E-state index in [1.807, 2.05) is 19.2 Å². The van der Waals surface area contributed by atoms with Gasteiger partial charge in [0.1, 0.15) is 15.9 Å². The van der Waals surface area contributed by atoms with Gasteiger partial charge in [-0.15, -0.1) is 11.3 Å². The molecule has 0 aromatic carbocycles. The molecule has 0 N–H and O–H groups in total. The topological polar surface area (TPSA) is 86.7 Å². The van der Waals surface area contributed by atoms with Crippen LogP contribution in [-0.2, 0) is 19.6 Å². The van der Waals surface area contributed by atoms with Gasteiger partial charge in [0.25, 0.3) is 0 Å². The van der Waals surface area contributed by atoms with Crippen molar-refractivity contribution in [3.63, 3.8) is 0 Å². The van der Waals surface area contributed by atoms with Crippen molar-refractivity contribution in [2.45, 2.75) is 26.8 Å². The molecule has 0 aliphatic carbocycles. The molecule has 21 heavy (non-hydrogen) atoms. The molecule has 1 aromatic heterocycles. The molecule has 114 valence electrons. The number of hydrogen-bond donors (Lipinski definition) is 0. The standard InChI is InChI=1S/C12H19NO5S2.Na/c1-8-6-19-10(3)12(8)13(9(2)5-18-4)11(14)7-20(15,16)17;/h6,9H,5,7H2,1-4H3,(H,15,16,17);/q;+1/p-1. The van der Waals surface area contributed by atoms with Gasteiger partial charge in [0, 0.05) is 12.0 Å². The van der Waals surface area contributed by atoms with Gasteiger partial charge in [-0.25, -0.2) is 8.42 Å². The molecule has 0 bridgehead atoms. The molecule has 0 fully saturated rings. The summed E-state index contributed by atoms with van der Waals surface area (Å²) in [5, 5.41) is 1.89. The molecule has 1 aromatic rings. The number of anilines is 1. The van der Waals surface area contributed by atoms with Crippen LogP contribution in [0.5, 0.6) is 0 Å². The van der Waals surface area contributed by atoms with Crippen LogP contribution in [0.1, 0.15) is 17.4 Å². The Bertz CT molecular complexity index is 565. The van der Waals surface area contributed by atoms with Gasteiger partial charge in [-0.1, -0.05) is 0 Å². The van der Waals surface area contributed by atoms with Crippen molar-refractivity contribution < 1.29 is 52.1 Å². The number of carbonyl (C=O) groups is 1. The van der Waals surface area contributed by atoms with E-state index < -0.39 is 21.8 Å². The van der Waals surface area contributed by atoms with E-state index in [1.54, 1.807) is 6.92 Å². The summed E-state index contributed by atoms with van der Waals surface area (Å²) in [5.74, 6) is -1.77. The largest absolute Gasteiger partial charge is 1.00 e. The Labute approximate surface area is 151 Å². The van der Waals surface area contributed by atoms with Crippen LogP contribution in [-0.4, -0.2) is 44.4 Å². The van der Waals surface area contributed by atoms with Crippen LogP contribution < -0.4 is 34.5 Å². The first-order valence-electron chi connectivity index (χ1n) is 5.96. The number of aryl methyl sites for hydroxylation is 2. The van der Waals surface area contributed by atoms with E-state index in [-0.39, 0.29) is 42.2 Å². The van der Waals surface area contributed by atoms with Crippen LogP contribution >= 0.6 is 11.3 Å². The van der Waals surface area contributed by atoms with Crippen LogP contribution in [0.4, 0.5) is 5.69 Å². The van der Waals surface area contributed by atoms with Gasteiger partial charge in [0.15, 0.2) is 0 Å². The first kappa shape index (κ1) is 21.0. The summed E-state index contributed by atoms with van der Waals surface area (Å²) < 4.78 is 37.5. The third-order valence-electron chi connectivity index (χ3n) is 2.78. The Kier molecular flexibility index (Phi) is 8.63. The number of amides is 1. The van der Waals surface area contributed by atoms with Gasteiger partial charge in [0.05, 0.1) is 18.3 Å². The average molecular weight is 343 g/mol. The smallest absolute Gasteiger partial charge is 0.748 e. The number of carbonyl (C=O) groups excluding carboxylic acids is 1. The summed E-state index contributed by atoms with van der Waals surface area (Å²) in [5.41, 5.74) is 1.53. The number of nitrogens with zero attached hydrogens (tertiary/aromatic N) is 1. The normalized spacial score (nSPS) is 12.6. The molecule has 9 heteroatoms. The summed E-state index contributed by atoms with van der Waals surface area (Å²) in [4.78, 5) is 14.4. The third kappa shape index (κ3) is 5.97. The van der Waals surface area contributed by atoms with Crippen LogP contribution in [0.3, 0.4) is 0 Å². The number of methoxy groups -OCH3 is 1. The third-order valence-corrected chi connectivity index (χ3v) is 4.40. The molecule has 0 saturated heterocycles. The molecule has 1 rings (SSSR count). The number of thiophene rings is 1. The molecule has 0 spiro atoms. The van der Waals surface area contributed by atoms with Crippen LogP contribution in [0, 0.1) is 13.8 Å². The number of rotatable bonds is 6. The van der Waals surface area contributed by atoms with E-state index in [4.69, 9.17) is 4.74 Å². The van der Waals surface area contributed by atoms with Gasteiger partial charge in [-0.3, -0.25) is 4.79 Å².